The molecule has 1 aromatic carbocycles. The highest BCUT2D eigenvalue weighted by Crippen LogP contribution is 2.37. The number of ketones is 1. The number of aliphatic hydroxyl groups excluding tert-OH is 2. The molecule has 14 heteroatoms. The molecule has 0 saturated heterocycles. The van der Waals surface area contributed by atoms with Gasteiger partial charge in [0.2, 0.25) is 11.8 Å². The second-order valence-electron chi connectivity index (χ2n) is 8.86. The molecular formula is C25H30F3IN2O8. The molecule has 0 heterocycles. The number of benzene rings is 1. The van der Waals surface area contributed by atoms with Gasteiger partial charge in [0.25, 0.3) is 0 Å². The molecular weight excluding hydrogens is 640 g/mol. The zero-order valence-corrected chi connectivity index (χ0v) is 23.5. The number of ether oxygens (including phenoxy) is 2. The average Bonchev–Trinajstić information content (AvgIpc) is 2.86. The number of rotatable bonds is 13. The molecule has 2 rings (SSSR count). The maximum Gasteiger partial charge on any atom is 0.406 e. The molecule has 0 aromatic heterocycles. The van der Waals surface area contributed by atoms with Gasteiger partial charge in [-0.1, -0.05) is 0 Å². The Bertz CT molecular complexity index is 1100. The first-order valence-electron chi connectivity index (χ1n) is 11.9. The number of aliphatic hydroxyl groups is 2. The number of halogens is 4. The van der Waals surface area contributed by atoms with E-state index in [1.807, 2.05) is 22.6 Å². The molecule has 1 aliphatic carbocycles. The van der Waals surface area contributed by atoms with Crippen LogP contribution >= 0.6 is 22.6 Å². The highest BCUT2D eigenvalue weighted by atomic mass is 127. The molecule has 0 saturated carbocycles. The van der Waals surface area contributed by atoms with Gasteiger partial charge in [-0.25, -0.2) is 0 Å². The molecule has 0 bridgehead atoms. The molecule has 3 atom stereocenters. The van der Waals surface area contributed by atoms with E-state index in [-0.39, 0.29) is 54.2 Å². The minimum Gasteiger partial charge on any atom is -0.493 e. The van der Waals surface area contributed by atoms with Gasteiger partial charge in [0.05, 0.1) is 23.3 Å². The summed E-state index contributed by atoms with van der Waals surface area (Å²) in [7, 11) is 1.31. The number of aldehydes is 1. The fourth-order valence-electron chi connectivity index (χ4n) is 4.05. The van der Waals surface area contributed by atoms with Crippen molar-refractivity contribution in [2.24, 2.45) is 0 Å². The molecule has 3 N–H and O–H groups in total. The standard InChI is InChI=1S/C25H30F3IN2O8/c1-14(34)4-3-5-21(35)31(13-25(26,27)28)18-10-16(24(37)30-6-7-32)11-19(22(18)36)39-23-17(29)8-15(12-33)9-20(23)38-2/h8-9,11-12,18-19,22,32,36H,3-7,10,13H2,1-2H3,(H,30,37)/t18-,19+,22+/m1/s1. The van der Waals surface area contributed by atoms with Crippen LogP contribution in [0.5, 0.6) is 11.5 Å². The van der Waals surface area contributed by atoms with Crippen molar-refractivity contribution in [2.75, 3.05) is 26.8 Å². The van der Waals surface area contributed by atoms with E-state index in [4.69, 9.17) is 14.6 Å². The van der Waals surface area contributed by atoms with E-state index in [1.54, 1.807) is 0 Å². The number of nitrogens with zero attached hydrogens (tertiary/aromatic N) is 1. The quantitative estimate of drug-likeness (QED) is 0.214. The summed E-state index contributed by atoms with van der Waals surface area (Å²) in [5, 5.41) is 22.7. The van der Waals surface area contributed by atoms with Crippen LogP contribution in [0.3, 0.4) is 0 Å². The van der Waals surface area contributed by atoms with Crippen LogP contribution in [0.4, 0.5) is 13.2 Å². The number of amides is 2. The molecule has 0 unspecified atom stereocenters. The summed E-state index contributed by atoms with van der Waals surface area (Å²) < 4.78 is 52.3. The van der Waals surface area contributed by atoms with Crippen LogP contribution in [0, 0.1) is 3.57 Å². The number of Topliss-reactive ketones (excluding diaryl/α,β-unsaturated/α-hetero) is 1. The maximum atomic E-state index is 13.6. The second kappa shape index (κ2) is 14.6. The molecule has 216 valence electrons. The van der Waals surface area contributed by atoms with Crippen LogP contribution in [0.15, 0.2) is 23.8 Å². The number of hydrogen-bond donors (Lipinski definition) is 3. The van der Waals surface area contributed by atoms with E-state index < -0.39 is 55.8 Å². The number of hydrogen-bond acceptors (Lipinski definition) is 8. The van der Waals surface area contributed by atoms with Gasteiger partial charge >= 0.3 is 6.18 Å². The Balaban J connectivity index is 2.51. The van der Waals surface area contributed by atoms with Crippen LogP contribution in [0.2, 0.25) is 0 Å². The monoisotopic (exact) mass is 670 g/mol. The molecule has 10 nitrogen and oxygen atoms in total. The lowest BCUT2D eigenvalue weighted by Crippen LogP contribution is -2.57. The maximum absolute atomic E-state index is 13.6. The highest BCUT2D eigenvalue weighted by molar-refractivity contribution is 14.1. The number of carbonyl (C=O) groups is 4. The minimum atomic E-state index is -4.82. The van der Waals surface area contributed by atoms with Crippen molar-refractivity contribution < 1.29 is 52.0 Å². The first kappa shape index (κ1) is 32.5. The third kappa shape index (κ3) is 9.46. The number of alkyl halides is 3. The highest BCUT2D eigenvalue weighted by Gasteiger charge is 2.44. The van der Waals surface area contributed by atoms with Crippen LogP contribution < -0.4 is 14.8 Å². The summed E-state index contributed by atoms with van der Waals surface area (Å²) in [5.41, 5.74) is 0.198. The normalized spacial score (nSPS) is 19.1. The van der Waals surface area contributed by atoms with Crippen molar-refractivity contribution >= 4 is 46.5 Å². The Labute approximate surface area is 236 Å². The Kier molecular flexibility index (Phi) is 12.2. The van der Waals surface area contributed by atoms with Gasteiger partial charge in [-0.05, 0) is 54.1 Å². The predicted molar refractivity (Wildman–Crippen MR) is 140 cm³/mol. The Hall–Kier alpha value is -2.72. The molecule has 0 aliphatic heterocycles. The van der Waals surface area contributed by atoms with E-state index in [1.165, 1.54) is 32.2 Å². The summed E-state index contributed by atoms with van der Waals surface area (Å²) >= 11 is 1.85. The predicted octanol–water partition coefficient (Wildman–Crippen LogP) is 2.18. The Morgan fingerprint density at radius 3 is 2.51 bits per heavy atom. The van der Waals surface area contributed by atoms with E-state index >= 15 is 0 Å². The molecule has 1 aliphatic rings. The average molecular weight is 670 g/mol. The smallest absolute Gasteiger partial charge is 0.406 e. The van der Waals surface area contributed by atoms with Gasteiger partial charge in [-0.2, -0.15) is 13.2 Å². The zero-order valence-electron chi connectivity index (χ0n) is 21.3. The van der Waals surface area contributed by atoms with Gasteiger partial charge in [0.1, 0.15) is 30.8 Å². The fourth-order valence-corrected chi connectivity index (χ4v) is 4.81. The van der Waals surface area contributed by atoms with Crippen molar-refractivity contribution in [3.05, 3.63) is 32.9 Å². The Morgan fingerprint density at radius 2 is 1.95 bits per heavy atom. The molecule has 39 heavy (non-hydrogen) atoms. The van der Waals surface area contributed by atoms with Gasteiger partial charge in [0, 0.05) is 36.9 Å². The molecule has 0 radical (unpaired) electrons. The summed E-state index contributed by atoms with van der Waals surface area (Å²) in [6, 6.07) is 1.31. The van der Waals surface area contributed by atoms with Crippen molar-refractivity contribution in [3.63, 3.8) is 0 Å². The van der Waals surface area contributed by atoms with Crippen LogP contribution in [0.1, 0.15) is 43.0 Å². The van der Waals surface area contributed by atoms with Crippen molar-refractivity contribution in [3.8, 4) is 11.5 Å². The summed E-state index contributed by atoms with van der Waals surface area (Å²) in [4.78, 5) is 48.6. The lowest BCUT2D eigenvalue weighted by atomic mass is 9.87. The summed E-state index contributed by atoms with van der Waals surface area (Å²) in [5.74, 6) is -1.73. The van der Waals surface area contributed by atoms with Gasteiger partial charge in [-0.15, -0.1) is 0 Å². The lowest BCUT2D eigenvalue weighted by molar-refractivity contribution is -0.172. The van der Waals surface area contributed by atoms with Crippen LogP contribution in [-0.4, -0.2) is 90.2 Å². The van der Waals surface area contributed by atoms with Crippen molar-refractivity contribution in [1.82, 2.24) is 10.2 Å². The topological polar surface area (TPSA) is 142 Å². The molecule has 0 fully saturated rings. The Morgan fingerprint density at radius 1 is 1.26 bits per heavy atom. The SMILES string of the molecule is COc1cc(C=O)cc(I)c1O[C@H]1C=C(C(=O)NCCO)C[C@@H](N(CC(F)(F)F)C(=O)CCCC(C)=O)[C@@H]1O. The third-order valence-corrected chi connectivity index (χ3v) is 6.65. The van der Waals surface area contributed by atoms with Gasteiger partial charge < -0.3 is 34.7 Å². The van der Waals surface area contributed by atoms with Crippen molar-refractivity contribution in [2.45, 2.75) is 57.0 Å². The molecule has 1 aromatic rings. The second-order valence-corrected chi connectivity index (χ2v) is 10.0. The lowest BCUT2D eigenvalue weighted by Gasteiger charge is -2.41. The third-order valence-electron chi connectivity index (χ3n) is 5.85. The summed E-state index contributed by atoms with van der Waals surface area (Å²) in [6.45, 7) is -0.923. The largest absolute Gasteiger partial charge is 0.493 e. The minimum absolute atomic E-state index is 0.00567. The van der Waals surface area contributed by atoms with Gasteiger partial charge in [0.15, 0.2) is 11.5 Å². The fraction of sp³-hybridized carbons (Fsp3) is 0.520. The van der Waals surface area contributed by atoms with E-state index in [0.717, 1.165) is 0 Å². The number of methoxy groups -OCH3 is 1. The van der Waals surface area contributed by atoms with Crippen LogP contribution in [0.25, 0.3) is 0 Å². The van der Waals surface area contributed by atoms with E-state index in [2.05, 4.69) is 5.32 Å². The van der Waals surface area contributed by atoms with Gasteiger partial charge in [-0.3, -0.25) is 14.4 Å². The summed E-state index contributed by atoms with van der Waals surface area (Å²) in [6.07, 6.45) is -6.90. The van der Waals surface area contributed by atoms with E-state index in [9.17, 15) is 37.5 Å². The van der Waals surface area contributed by atoms with E-state index in [0.29, 0.717) is 14.8 Å². The first-order valence-corrected chi connectivity index (χ1v) is 13.0. The number of carbonyl (C=O) groups excluding carboxylic acids is 4. The zero-order chi connectivity index (χ0) is 29.3. The molecule has 2 amide bonds. The van der Waals surface area contributed by atoms with Crippen molar-refractivity contribution in [1.29, 1.82) is 0 Å². The number of nitrogens with one attached hydrogen (secondary N) is 1. The van der Waals surface area contributed by atoms with Crippen LogP contribution in [-0.2, 0) is 14.4 Å². The molecule has 0 spiro atoms. The first-order chi connectivity index (χ1) is 18.3.